The number of ether oxygens (including phenoxy) is 2. The fourth-order valence-electron chi connectivity index (χ4n) is 3.49. The molecule has 0 heterocycles. The van der Waals surface area contributed by atoms with Crippen LogP contribution in [0.2, 0.25) is 0 Å². The van der Waals surface area contributed by atoms with E-state index >= 15 is 0 Å². The Bertz CT molecular complexity index is 512. The molecule has 1 N–H and O–H groups in total. The van der Waals surface area contributed by atoms with E-state index in [4.69, 9.17) is 9.47 Å². The molecule has 2 aliphatic carbocycles. The molecule has 5 heteroatoms. The first-order chi connectivity index (χ1) is 9.56. The van der Waals surface area contributed by atoms with Crippen molar-refractivity contribution in [2.75, 3.05) is 7.11 Å². The third-order valence-corrected chi connectivity index (χ3v) is 5.99. The number of benzene rings is 1. The summed E-state index contributed by atoms with van der Waals surface area (Å²) in [4.78, 5) is 0. The fraction of sp³-hybridized carbons (Fsp3) is 0.600. The molecule has 1 aromatic carbocycles. The first-order valence-electron chi connectivity index (χ1n) is 6.94. The summed E-state index contributed by atoms with van der Waals surface area (Å²) in [5.74, 6) is 1.58. The molecular weight excluding hydrogens is 388 g/mol. The molecule has 110 valence electrons. The maximum Gasteiger partial charge on any atom is 0.135 e. The van der Waals surface area contributed by atoms with Crippen molar-refractivity contribution in [3.63, 3.8) is 0 Å². The summed E-state index contributed by atoms with van der Waals surface area (Å²) < 4.78 is 13.2. The number of hydrogen-bond acceptors (Lipinski definition) is 3. The van der Waals surface area contributed by atoms with Gasteiger partial charge in [0.05, 0.1) is 22.2 Å². The molecule has 0 radical (unpaired) electrons. The lowest BCUT2D eigenvalue weighted by molar-refractivity contribution is -0.152. The third-order valence-electron chi connectivity index (χ3n) is 4.75. The lowest BCUT2D eigenvalue weighted by Crippen LogP contribution is -2.58. The molecule has 0 amide bonds. The molecule has 3 rings (SSSR count). The zero-order valence-electron chi connectivity index (χ0n) is 11.4. The van der Waals surface area contributed by atoms with Gasteiger partial charge < -0.3 is 14.6 Å². The van der Waals surface area contributed by atoms with Crippen molar-refractivity contribution < 1.29 is 14.6 Å². The Morgan fingerprint density at radius 3 is 2.35 bits per heavy atom. The van der Waals surface area contributed by atoms with Crippen LogP contribution in [-0.2, 0) is 0 Å². The van der Waals surface area contributed by atoms with Crippen molar-refractivity contribution >= 4 is 31.9 Å². The van der Waals surface area contributed by atoms with Gasteiger partial charge in [0.2, 0.25) is 0 Å². The van der Waals surface area contributed by atoms with Gasteiger partial charge in [-0.3, -0.25) is 0 Å². The quantitative estimate of drug-likeness (QED) is 0.814. The van der Waals surface area contributed by atoms with E-state index in [-0.39, 0.29) is 17.6 Å². The second-order valence-corrected chi connectivity index (χ2v) is 7.42. The van der Waals surface area contributed by atoms with Crippen LogP contribution in [0, 0.1) is 5.41 Å². The van der Waals surface area contributed by atoms with E-state index in [2.05, 4.69) is 31.9 Å². The van der Waals surface area contributed by atoms with Crippen LogP contribution >= 0.6 is 31.9 Å². The summed E-state index contributed by atoms with van der Waals surface area (Å²) in [6.07, 6.45) is 5.21. The van der Waals surface area contributed by atoms with Crippen molar-refractivity contribution in [2.24, 2.45) is 5.41 Å². The molecule has 1 aromatic rings. The maximum absolute atomic E-state index is 10.1. The van der Waals surface area contributed by atoms with Gasteiger partial charge >= 0.3 is 0 Å². The van der Waals surface area contributed by atoms with Crippen molar-refractivity contribution in [1.29, 1.82) is 0 Å². The monoisotopic (exact) mass is 404 g/mol. The van der Waals surface area contributed by atoms with Crippen LogP contribution in [0.15, 0.2) is 21.1 Å². The van der Waals surface area contributed by atoms with E-state index in [9.17, 15) is 5.11 Å². The van der Waals surface area contributed by atoms with Gasteiger partial charge in [-0.15, -0.1) is 0 Å². The van der Waals surface area contributed by atoms with Crippen molar-refractivity contribution in [3.05, 3.63) is 21.1 Å². The second-order valence-electron chi connectivity index (χ2n) is 5.72. The Balaban J connectivity index is 1.80. The molecule has 0 saturated heterocycles. The van der Waals surface area contributed by atoms with Crippen LogP contribution in [-0.4, -0.2) is 24.4 Å². The molecule has 2 saturated carbocycles. The van der Waals surface area contributed by atoms with Gasteiger partial charge in [-0.05, 0) is 56.8 Å². The zero-order chi connectivity index (χ0) is 14.3. The third kappa shape index (κ3) is 2.28. The summed E-state index contributed by atoms with van der Waals surface area (Å²) in [6, 6.07) is 3.83. The van der Waals surface area contributed by atoms with E-state index in [0.29, 0.717) is 0 Å². The lowest BCUT2D eigenvalue weighted by Gasteiger charge is -2.51. The molecule has 2 fully saturated rings. The Kier molecular flexibility index (Phi) is 4.04. The van der Waals surface area contributed by atoms with Crippen molar-refractivity contribution in [3.8, 4) is 11.5 Å². The second kappa shape index (κ2) is 5.50. The number of hydrogen-bond donors (Lipinski definition) is 1. The van der Waals surface area contributed by atoms with Gasteiger partial charge in [-0.1, -0.05) is 12.8 Å². The van der Waals surface area contributed by atoms with Gasteiger partial charge in [0, 0.05) is 11.8 Å². The highest BCUT2D eigenvalue weighted by molar-refractivity contribution is 9.11. The molecule has 20 heavy (non-hydrogen) atoms. The number of aliphatic hydroxyl groups excluding tert-OH is 1. The Labute approximate surface area is 135 Å². The van der Waals surface area contributed by atoms with Crippen molar-refractivity contribution in [2.45, 2.75) is 44.3 Å². The highest BCUT2D eigenvalue weighted by Gasteiger charge is 2.57. The van der Waals surface area contributed by atoms with E-state index in [1.165, 1.54) is 12.8 Å². The SMILES string of the molecule is COc1cc(Br)c(OC2CC(O)C23CCCC3)cc1Br. The van der Waals surface area contributed by atoms with E-state index in [0.717, 1.165) is 39.7 Å². The minimum atomic E-state index is -0.199. The average molecular weight is 406 g/mol. The highest BCUT2D eigenvalue weighted by atomic mass is 79.9. The standard InChI is InChI=1S/C15H18Br2O3/c1-19-11-6-10(17)12(7-9(11)16)20-14-8-13(18)15(14)4-2-3-5-15/h6-7,13-14,18H,2-5,8H2,1H3. The van der Waals surface area contributed by atoms with Crippen LogP contribution in [0.3, 0.4) is 0 Å². The molecule has 2 unspecified atom stereocenters. The number of methoxy groups -OCH3 is 1. The number of rotatable bonds is 3. The van der Waals surface area contributed by atoms with E-state index in [1.54, 1.807) is 7.11 Å². The predicted molar refractivity (Wildman–Crippen MR) is 84.3 cm³/mol. The minimum Gasteiger partial charge on any atom is -0.496 e. The summed E-state index contributed by atoms with van der Waals surface area (Å²) in [7, 11) is 1.64. The van der Waals surface area contributed by atoms with Crippen LogP contribution in [0.4, 0.5) is 0 Å². The van der Waals surface area contributed by atoms with Crippen LogP contribution < -0.4 is 9.47 Å². The Morgan fingerprint density at radius 1 is 1.15 bits per heavy atom. The smallest absolute Gasteiger partial charge is 0.135 e. The molecular formula is C15H18Br2O3. The molecule has 0 bridgehead atoms. The highest BCUT2D eigenvalue weighted by Crippen LogP contribution is 2.55. The van der Waals surface area contributed by atoms with Crippen LogP contribution in [0.5, 0.6) is 11.5 Å². The van der Waals surface area contributed by atoms with Gasteiger partial charge in [0.1, 0.15) is 17.6 Å². The lowest BCUT2D eigenvalue weighted by atomic mass is 9.62. The summed E-state index contributed by atoms with van der Waals surface area (Å²) in [5, 5.41) is 10.1. The Morgan fingerprint density at radius 2 is 1.75 bits per heavy atom. The molecule has 2 atom stereocenters. The van der Waals surface area contributed by atoms with Crippen LogP contribution in [0.25, 0.3) is 0 Å². The molecule has 0 aliphatic heterocycles. The van der Waals surface area contributed by atoms with E-state index < -0.39 is 0 Å². The van der Waals surface area contributed by atoms with Crippen molar-refractivity contribution in [1.82, 2.24) is 0 Å². The van der Waals surface area contributed by atoms with Gasteiger partial charge in [0.15, 0.2) is 0 Å². The van der Waals surface area contributed by atoms with E-state index in [1.807, 2.05) is 12.1 Å². The average Bonchev–Trinajstić information content (AvgIpc) is 2.94. The summed E-state index contributed by atoms with van der Waals surface area (Å²) in [5.41, 5.74) is -0.00809. The van der Waals surface area contributed by atoms with Gasteiger partial charge in [0.25, 0.3) is 0 Å². The maximum atomic E-state index is 10.1. The summed E-state index contributed by atoms with van der Waals surface area (Å²) in [6.45, 7) is 0. The fourth-order valence-corrected chi connectivity index (χ4v) is 4.39. The minimum absolute atomic E-state index is 0.00809. The first kappa shape index (κ1) is 14.7. The number of aliphatic hydroxyl groups is 1. The van der Waals surface area contributed by atoms with Gasteiger partial charge in [-0.2, -0.15) is 0 Å². The molecule has 1 spiro atoms. The largest absolute Gasteiger partial charge is 0.496 e. The first-order valence-corrected chi connectivity index (χ1v) is 8.53. The van der Waals surface area contributed by atoms with Gasteiger partial charge in [-0.25, -0.2) is 0 Å². The Hall–Kier alpha value is -0.260. The molecule has 0 aromatic heterocycles. The summed E-state index contributed by atoms with van der Waals surface area (Å²) >= 11 is 7.01. The molecule has 3 nitrogen and oxygen atoms in total. The predicted octanol–water partition coefficient (Wildman–Crippen LogP) is 4.29. The zero-order valence-corrected chi connectivity index (χ0v) is 14.5. The normalized spacial score (nSPS) is 27.4. The topological polar surface area (TPSA) is 38.7 Å². The van der Waals surface area contributed by atoms with Crippen LogP contribution in [0.1, 0.15) is 32.1 Å². The number of halogens is 2. The molecule has 2 aliphatic rings.